The van der Waals surface area contributed by atoms with Crippen molar-refractivity contribution in [3.05, 3.63) is 456 Å². The van der Waals surface area contributed by atoms with Gasteiger partial charge in [-0.05, 0) is 282 Å². The summed E-state index contributed by atoms with van der Waals surface area (Å²) >= 11 is 0. The Kier molecular flexibility index (Phi) is 18.5. The van der Waals surface area contributed by atoms with E-state index in [0.717, 1.165) is 188 Å². The molecular formula is C120H76B4F4N16+4. The minimum Gasteiger partial charge on any atom is -0.311 e. The highest BCUT2D eigenvalue weighted by Gasteiger charge is 2.46. The number of aromatic nitrogens is 8. The first-order valence-electron chi connectivity index (χ1n) is 47.9. The van der Waals surface area contributed by atoms with E-state index in [4.69, 9.17) is 26.5 Å². The molecule has 4 aliphatic rings. The number of aryl methyl sites for hydroxylation is 4. The molecule has 16 nitrogen and oxygen atoms in total. The molecule has 0 saturated carbocycles. The second kappa shape index (κ2) is 31.9. The van der Waals surface area contributed by atoms with E-state index in [-0.39, 0.29) is 11.3 Å². The molecule has 8 aromatic heterocycles. The van der Waals surface area contributed by atoms with Gasteiger partial charge in [-0.25, -0.2) is 22.8 Å². The molecule has 0 atom stereocenters. The number of anilines is 6. The molecule has 0 radical (unpaired) electrons. The molecular weight excluding hydrogens is 1780 g/mol. The van der Waals surface area contributed by atoms with Crippen LogP contribution in [0.5, 0.6) is 0 Å². The lowest BCUT2D eigenvalue weighted by Crippen LogP contribution is -2.58. The van der Waals surface area contributed by atoms with Gasteiger partial charge in [-0.2, -0.15) is 5.26 Å². The molecule has 0 aliphatic carbocycles. The number of allylic oxidation sites excluding steroid dienone is 1. The Hall–Kier alpha value is -18.7. The van der Waals surface area contributed by atoms with E-state index in [1.165, 1.54) is 22.3 Å². The van der Waals surface area contributed by atoms with Crippen LogP contribution in [-0.4, -0.2) is 47.0 Å². The molecule has 0 amide bonds. The van der Waals surface area contributed by atoms with E-state index < -0.39 is 29.0 Å². The third kappa shape index (κ3) is 12.7. The molecule has 0 unspecified atom stereocenters. The number of halogens is 4. The minimum atomic E-state index is -1.61. The largest absolute Gasteiger partial charge is 0.727 e. The fraction of sp³-hybridized carbons (Fsp3) is 0.0333. The summed E-state index contributed by atoms with van der Waals surface area (Å²) in [5, 5.41) is 22.9. The van der Waals surface area contributed by atoms with Crippen molar-refractivity contribution in [1.82, 2.24) is 17.9 Å². The van der Waals surface area contributed by atoms with Crippen LogP contribution >= 0.6 is 0 Å². The zero-order valence-corrected chi connectivity index (χ0v) is 77.9. The summed E-state index contributed by atoms with van der Waals surface area (Å²) in [5.74, 6) is 1.96. The van der Waals surface area contributed by atoms with Crippen molar-refractivity contribution in [3.8, 4) is 72.8 Å². The van der Waals surface area contributed by atoms with Crippen molar-refractivity contribution in [2.45, 2.75) is 27.7 Å². The molecule has 24 aromatic rings. The van der Waals surface area contributed by atoms with Crippen molar-refractivity contribution in [2.75, 3.05) is 9.80 Å². The highest BCUT2D eigenvalue weighted by atomic mass is 19.1. The third-order valence-electron chi connectivity index (χ3n) is 29.6. The number of benzene rings is 16. The Balaban J connectivity index is 0.506. The van der Waals surface area contributed by atoms with Crippen LogP contribution in [-0.2, 0) is 0 Å². The number of pyridine rings is 4. The number of nitrogens with zero attached hydrogens (tertiary/aromatic N) is 16. The van der Waals surface area contributed by atoms with Crippen LogP contribution in [0.25, 0.3) is 170 Å². The van der Waals surface area contributed by atoms with Crippen LogP contribution in [0.3, 0.4) is 0 Å². The van der Waals surface area contributed by atoms with Gasteiger partial charge in [0.15, 0.2) is 0 Å². The molecule has 16 aromatic carbocycles. The fourth-order valence-electron chi connectivity index (χ4n) is 22.8. The third-order valence-corrected chi connectivity index (χ3v) is 29.6. The Morgan fingerprint density at radius 3 is 0.882 bits per heavy atom. The molecule has 672 valence electrons. The quantitative estimate of drug-likeness (QED) is 0.0354. The molecule has 4 aliphatic heterocycles. The summed E-state index contributed by atoms with van der Waals surface area (Å²) in [6, 6.07) is 123. The van der Waals surface area contributed by atoms with Gasteiger partial charge >= 0.3 is 52.3 Å². The zero-order valence-electron chi connectivity index (χ0n) is 77.9. The molecule has 24 heteroatoms. The standard InChI is InChI=1S/C120H76B4F4N16/c1-71-24-54-93(73(3)64-71)95-56-58-106-114-97(95)16-10-20-101(114)119-133-110-62-40-85(69-137(110)123(127)143(106)119)77-28-44-88(45-29-77)139(87-42-26-75(27-43-87)83-38-60-108-131-117-99-18-6-12-80-14-8-22-104(112(80)99)141(117)121(125)135(108)67-83)91-50-34-79(35-51-91)103(66-129)116(130-5)82-36-52-92(53-37-82)140(89-46-30-76(31-47-89)84-39-61-109-132-118-100-19-7-13-81-15-9-23-105(113(81)100)142(118)122(126)136(109)68-84)90-48-32-78(33-49-90)86-41-63-111-134-120-102-21-11-17-98-96(94-55-25-72(2)65-74(94)4)57-59-107(115(98)102)144(120)124(128)138(111)70-86/h6-65,67-70H,1-4H3/q+4/b116-103-. The van der Waals surface area contributed by atoms with Crippen molar-refractivity contribution in [3.63, 3.8) is 0 Å². The van der Waals surface area contributed by atoms with Crippen LogP contribution in [0.4, 0.5) is 74.7 Å². The first kappa shape index (κ1) is 83.5. The summed E-state index contributed by atoms with van der Waals surface area (Å²) in [7, 11) is -6.36. The number of rotatable bonds is 14. The topological polar surface area (TPSA) is 119 Å². The zero-order chi connectivity index (χ0) is 96.4. The second-order valence-electron chi connectivity index (χ2n) is 37.8. The monoisotopic (exact) mass is 1860 g/mol. The predicted octanol–water partition coefficient (Wildman–Crippen LogP) is 25.1. The van der Waals surface area contributed by atoms with Gasteiger partial charge in [-0.1, -0.05) is 205 Å². The van der Waals surface area contributed by atoms with E-state index in [9.17, 15) is 5.26 Å². The first-order valence-corrected chi connectivity index (χ1v) is 47.9. The van der Waals surface area contributed by atoms with Gasteiger partial charge in [0.25, 0.3) is 0 Å². The van der Waals surface area contributed by atoms with Gasteiger partial charge in [-0.3, -0.25) is 35.2 Å². The van der Waals surface area contributed by atoms with E-state index in [0.29, 0.717) is 56.3 Å². The highest BCUT2D eigenvalue weighted by Crippen LogP contribution is 2.46. The van der Waals surface area contributed by atoms with Crippen LogP contribution in [0.2, 0.25) is 0 Å². The van der Waals surface area contributed by atoms with Gasteiger partial charge in [-0.15, -0.1) is 0 Å². The maximum absolute atomic E-state index is 17.8. The Morgan fingerprint density at radius 2 is 0.569 bits per heavy atom. The fourth-order valence-corrected chi connectivity index (χ4v) is 22.8. The summed E-state index contributed by atoms with van der Waals surface area (Å²) < 4.78 is 83.4. The number of fused-ring (bicyclic) bond motifs is 16. The second-order valence-corrected chi connectivity index (χ2v) is 37.8. The lowest BCUT2D eigenvalue weighted by Gasteiger charge is -2.26. The normalized spacial score (nSPS) is 13.0. The average molecular weight is 1860 g/mol. The minimum absolute atomic E-state index is 0.146. The van der Waals surface area contributed by atoms with Crippen LogP contribution in [0, 0.1) is 45.6 Å². The van der Waals surface area contributed by atoms with Crippen molar-refractivity contribution in [2.24, 2.45) is 20.0 Å². The molecule has 28 rings (SSSR count). The summed E-state index contributed by atoms with van der Waals surface area (Å²) in [6.45, 7) is 17.3. The Morgan fingerprint density at radius 1 is 0.299 bits per heavy atom. The highest BCUT2D eigenvalue weighted by molar-refractivity contribution is 6.45. The average Bonchev–Trinajstić information content (AvgIpc) is 1.58. The molecule has 12 heterocycles. The molecule has 0 saturated heterocycles. The van der Waals surface area contributed by atoms with Gasteiger partial charge in [0.1, 0.15) is 0 Å². The summed E-state index contributed by atoms with van der Waals surface area (Å²) in [6.07, 6.45) is 7.30. The molecule has 0 spiro atoms. The van der Waals surface area contributed by atoms with E-state index in [1.807, 2.05) is 328 Å². The van der Waals surface area contributed by atoms with Crippen molar-refractivity contribution < 1.29 is 35.2 Å². The number of hydrogen-bond donors (Lipinski definition) is 0. The molecule has 0 fully saturated rings. The van der Waals surface area contributed by atoms with Crippen LogP contribution < -0.4 is 49.7 Å². The Bertz CT molecular complexity index is 9510. The van der Waals surface area contributed by atoms with Gasteiger partial charge in [0.05, 0.1) is 64.5 Å². The number of hydrogen-bond acceptors (Lipinski definition) is 7. The van der Waals surface area contributed by atoms with Crippen LogP contribution in [0.15, 0.2) is 409 Å². The van der Waals surface area contributed by atoms with Crippen LogP contribution in [0.1, 0.15) is 33.4 Å². The maximum Gasteiger partial charge on any atom is 0.727 e. The first-order chi connectivity index (χ1) is 70.6. The SMILES string of the molecule is [C-]#[N+]/C(=C(/C#N)c1ccc(N(c2ccc(-c3ccc4[n+](c3)B(F)n3c(c5cccc6cccc3c65)=N4)cc2)c2ccc(-c3ccc4[n+](c3)B(F)n3c(c5cccc6c(-c7ccc(C)cc7C)ccc3c65)=N4)cc2)cc1)c1ccc(N(c2ccc(-c3ccc4[n+](c3)B(F)n3c(c5cccc6cccc3c65)=N4)cc2)c2ccc(-c3ccc4[n+](c3)B(F)n3c(c5cccc6c(-c7ccc(C)cc7C)ccc3c65)=N4)cc2)cc1. The lowest BCUT2D eigenvalue weighted by molar-refractivity contribution is -0.535. The Labute approximate surface area is 823 Å². The summed E-state index contributed by atoms with van der Waals surface area (Å²) in [5.41, 5.74) is 26.9. The van der Waals surface area contributed by atoms with E-state index >= 15 is 17.3 Å². The molecule has 144 heavy (non-hydrogen) atoms. The van der Waals surface area contributed by atoms with E-state index in [2.05, 4.69) is 109 Å². The van der Waals surface area contributed by atoms with Crippen molar-refractivity contribution in [1.29, 1.82) is 5.26 Å². The maximum atomic E-state index is 17.8. The number of nitriles is 1. The predicted molar refractivity (Wildman–Crippen MR) is 568 cm³/mol. The lowest BCUT2D eigenvalue weighted by atomic mass is 9.93. The van der Waals surface area contributed by atoms with Crippen molar-refractivity contribution >= 4 is 184 Å². The summed E-state index contributed by atoms with van der Waals surface area (Å²) in [4.78, 5) is 28.8. The van der Waals surface area contributed by atoms with Gasteiger partial charge in [0.2, 0.25) is 27.6 Å². The van der Waals surface area contributed by atoms with Gasteiger partial charge < -0.3 is 9.80 Å². The van der Waals surface area contributed by atoms with Gasteiger partial charge in [0, 0.05) is 124 Å². The van der Waals surface area contributed by atoms with E-state index in [1.54, 1.807) is 35.8 Å². The molecule has 0 bridgehead atoms. The smallest absolute Gasteiger partial charge is 0.311 e. The molecule has 0 N–H and O–H groups in total.